The average Bonchev–Trinajstić information content (AvgIpc) is 3.68. The zero-order valence-corrected chi connectivity index (χ0v) is 25.0. The third kappa shape index (κ3) is 3.56. The summed E-state index contributed by atoms with van der Waals surface area (Å²) in [7, 11) is 0. The van der Waals surface area contributed by atoms with Crippen LogP contribution in [-0.4, -0.2) is 0 Å². The molecule has 45 heavy (non-hydrogen) atoms. The highest BCUT2D eigenvalue weighted by Gasteiger charge is 2.24. The fourth-order valence-corrected chi connectivity index (χ4v) is 8.37. The van der Waals surface area contributed by atoms with Crippen molar-refractivity contribution in [3.05, 3.63) is 152 Å². The Hall–Kier alpha value is -5.64. The Balaban J connectivity index is 1.39. The van der Waals surface area contributed by atoms with Crippen molar-refractivity contribution >= 4 is 103 Å². The summed E-state index contributed by atoms with van der Waals surface area (Å²) in [6, 6.07) is 54.8. The average molecular weight is 592 g/mol. The molecule has 0 amide bonds. The van der Waals surface area contributed by atoms with E-state index in [0.29, 0.717) is 0 Å². The molecule has 0 bridgehead atoms. The maximum absolute atomic E-state index is 6.96. The lowest BCUT2D eigenvalue weighted by molar-refractivity contribution is 0.673. The van der Waals surface area contributed by atoms with Crippen molar-refractivity contribution in [1.82, 2.24) is 0 Å². The summed E-state index contributed by atoms with van der Waals surface area (Å²) in [5.74, 6) is 0. The first-order chi connectivity index (χ1) is 22.3. The molecule has 0 unspecified atom stereocenters. The molecule has 0 N–H and O–H groups in total. The van der Waals surface area contributed by atoms with Crippen LogP contribution in [0.3, 0.4) is 0 Å². The normalized spacial score (nSPS) is 12.0. The molecule has 3 heteroatoms. The molecule has 0 aliphatic rings. The molecule has 2 aromatic heterocycles. The van der Waals surface area contributed by atoms with Crippen LogP contribution in [0.25, 0.3) is 74.4 Å². The topological polar surface area (TPSA) is 16.4 Å². The van der Waals surface area contributed by atoms with Gasteiger partial charge in [-0.25, -0.2) is 0 Å². The van der Waals surface area contributed by atoms with Crippen molar-refractivity contribution in [2.75, 3.05) is 4.90 Å². The van der Waals surface area contributed by atoms with Crippen LogP contribution < -0.4 is 4.90 Å². The van der Waals surface area contributed by atoms with Gasteiger partial charge in [0.2, 0.25) is 0 Å². The summed E-state index contributed by atoms with van der Waals surface area (Å²) in [6.45, 7) is 0. The van der Waals surface area contributed by atoms with Crippen molar-refractivity contribution in [2.45, 2.75) is 0 Å². The van der Waals surface area contributed by atoms with Crippen molar-refractivity contribution in [2.24, 2.45) is 0 Å². The highest BCUT2D eigenvalue weighted by atomic mass is 32.1. The van der Waals surface area contributed by atoms with E-state index in [0.717, 1.165) is 44.4 Å². The predicted molar refractivity (Wildman–Crippen MR) is 194 cm³/mol. The number of para-hydroxylation sites is 1. The molecule has 0 spiro atoms. The minimum Gasteiger partial charge on any atom is -0.453 e. The Morgan fingerprint density at radius 3 is 1.89 bits per heavy atom. The van der Waals surface area contributed by atoms with Gasteiger partial charge in [0.15, 0.2) is 5.58 Å². The SMILES string of the molecule is c1ccc2c(c1)cc(N(c1cccc3c1oc1c4ccccc4ccc31)c1cccc3sc4ccccc4c13)c1ccccc12. The highest BCUT2D eigenvalue weighted by Crippen LogP contribution is 2.50. The quantitative estimate of drug-likeness (QED) is 0.190. The number of nitrogens with zero attached hydrogens (tertiary/aromatic N) is 1. The summed E-state index contributed by atoms with van der Waals surface area (Å²) >= 11 is 1.85. The fourth-order valence-electron chi connectivity index (χ4n) is 7.24. The zero-order chi connectivity index (χ0) is 29.5. The molecule has 210 valence electrons. The fraction of sp³-hybridized carbons (Fsp3) is 0. The van der Waals surface area contributed by atoms with Crippen LogP contribution in [0.5, 0.6) is 0 Å². The van der Waals surface area contributed by atoms with E-state index in [-0.39, 0.29) is 0 Å². The molecule has 10 rings (SSSR count). The van der Waals surface area contributed by atoms with Crippen LogP contribution in [-0.2, 0) is 0 Å². The highest BCUT2D eigenvalue weighted by molar-refractivity contribution is 7.26. The molecule has 0 atom stereocenters. The van der Waals surface area contributed by atoms with E-state index in [4.69, 9.17) is 4.42 Å². The van der Waals surface area contributed by atoms with Crippen molar-refractivity contribution in [1.29, 1.82) is 0 Å². The lowest BCUT2D eigenvalue weighted by atomic mass is 9.98. The first kappa shape index (κ1) is 24.8. The van der Waals surface area contributed by atoms with E-state index in [2.05, 4.69) is 157 Å². The molecule has 0 fully saturated rings. The van der Waals surface area contributed by atoms with E-state index in [9.17, 15) is 0 Å². The lowest BCUT2D eigenvalue weighted by Crippen LogP contribution is -2.11. The van der Waals surface area contributed by atoms with Gasteiger partial charge in [0.1, 0.15) is 5.58 Å². The number of hydrogen-bond donors (Lipinski definition) is 0. The van der Waals surface area contributed by atoms with Gasteiger partial charge in [0.05, 0.1) is 17.1 Å². The second-order valence-electron chi connectivity index (χ2n) is 11.7. The van der Waals surface area contributed by atoms with Crippen LogP contribution in [0.2, 0.25) is 0 Å². The molecule has 2 heterocycles. The van der Waals surface area contributed by atoms with E-state index >= 15 is 0 Å². The maximum atomic E-state index is 6.96. The summed E-state index contributed by atoms with van der Waals surface area (Å²) in [4.78, 5) is 2.45. The van der Waals surface area contributed by atoms with Crippen molar-refractivity contribution < 1.29 is 4.42 Å². The van der Waals surface area contributed by atoms with E-state index < -0.39 is 0 Å². The van der Waals surface area contributed by atoms with Crippen LogP contribution in [0, 0.1) is 0 Å². The van der Waals surface area contributed by atoms with Crippen molar-refractivity contribution in [3.63, 3.8) is 0 Å². The first-order valence-electron chi connectivity index (χ1n) is 15.3. The molecular weight excluding hydrogens is 567 g/mol. The Morgan fingerprint density at radius 1 is 0.378 bits per heavy atom. The number of thiophene rings is 1. The lowest BCUT2D eigenvalue weighted by Gasteiger charge is -2.28. The van der Waals surface area contributed by atoms with Gasteiger partial charge in [-0.15, -0.1) is 11.3 Å². The standard InChI is InChI=1S/C42H25NOS/c1-4-14-29-26(11-1)23-24-33-32-18-9-20-36(42(32)44-41(29)33)43(35-19-10-22-39-40(35)34-17-7-8-21-38(34)45-39)37-25-27-12-2-3-13-28(27)30-15-5-6-16-31(30)37/h1-25H. The number of hydrogen-bond acceptors (Lipinski definition) is 3. The molecule has 0 radical (unpaired) electrons. The third-order valence-electron chi connectivity index (χ3n) is 9.22. The van der Waals surface area contributed by atoms with E-state index in [1.54, 1.807) is 0 Å². The van der Waals surface area contributed by atoms with Crippen molar-refractivity contribution in [3.8, 4) is 0 Å². The first-order valence-corrected chi connectivity index (χ1v) is 16.1. The summed E-state index contributed by atoms with van der Waals surface area (Å²) in [6.07, 6.45) is 0. The number of furan rings is 1. The number of fused-ring (bicyclic) bond motifs is 11. The van der Waals surface area contributed by atoms with Gasteiger partial charge < -0.3 is 9.32 Å². The van der Waals surface area contributed by atoms with Gasteiger partial charge in [-0.2, -0.15) is 0 Å². The second-order valence-corrected chi connectivity index (χ2v) is 12.7. The van der Waals surface area contributed by atoms with Gasteiger partial charge in [-0.3, -0.25) is 0 Å². The van der Waals surface area contributed by atoms with Gasteiger partial charge in [0.25, 0.3) is 0 Å². The number of benzene rings is 8. The molecule has 8 aromatic carbocycles. The summed E-state index contributed by atoms with van der Waals surface area (Å²) in [5.41, 5.74) is 5.11. The zero-order valence-electron chi connectivity index (χ0n) is 24.2. The minimum atomic E-state index is 0.887. The Bertz CT molecular complexity index is 2790. The van der Waals surface area contributed by atoms with Crippen LogP contribution in [0.4, 0.5) is 17.1 Å². The van der Waals surface area contributed by atoms with Gasteiger partial charge in [0, 0.05) is 41.7 Å². The van der Waals surface area contributed by atoms with E-state index in [1.165, 1.54) is 47.1 Å². The molecule has 0 saturated carbocycles. The van der Waals surface area contributed by atoms with Gasteiger partial charge in [-0.05, 0) is 57.9 Å². The number of anilines is 3. The maximum Gasteiger partial charge on any atom is 0.159 e. The van der Waals surface area contributed by atoms with Gasteiger partial charge >= 0.3 is 0 Å². The molecule has 0 aliphatic heterocycles. The monoisotopic (exact) mass is 591 g/mol. The van der Waals surface area contributed by atoms with E-state index in [1.807, 2.05) is 11.3 Å². The molecule has 2 nitrogen and oxygen atoms in total. The molecular formula is C42H25NOS. The minimum absolute atomic E-state index is 0.887. The van der Waals surface area contributed by atoms with Crippen LogP contribution in [0.15, 0.2) is 156 Å². The van der Waals surface area contributed by atoms with Crippen LogP contribution in [0.1, 0.15) is 0 Å². The third-order valence-corrected chi connectivity index (χ3v) is 10.4. The molecule has 0 saturated heterocycles. The van der Waals surface area contributed by atoms with Crippen LogP contribution >= 0.6 is 11.3 Å². The Labute approximate surface area is 263 Å². The predicted octanol–water partition coefficient (Wildman–Crippen LogP) is 12.9. The van der Waals surface area contributed by atoms with Gasteiger partial charge in [-0.1, -0.05) is 115 Å². The Kier molecular flexibility index (Phi) is 5.19. The number of rotatable bonds is 3. The second kappa shape index (κ2) is 9.43. The summed E-state index contributed by atoms with van der Waals surface area (Å²) in [5, 5.41) is 12.0. The largest absolute Gasteiger partial charge is 0.453 e. The summed E-state index contributed by atoms with van der Waals surface area (Å²) < 4.78 is 9.52. The molecule has 0 aliphatic carbocycles. The Morgan fingerprint density at radius 2 is 1.00 bits per heavy atom. The molecule has 10 aromatic rings. The smallest absolute Gasteiger partial charge is 0.159 e.